The Bertz CT molecular complexity index is 719. The van der Waals surface area contributed by atoms with Crippen molar-refractivity contribution in [2.75, 3.05) is 13.1 Å². The summed E-state index contributed by atoms with van der Waals surface area (Å²) in [6.07, 6.45) is 1.71. The first-order valence-corrected chi connectivity index (χ1v) is 8.85. The number of halogens is 1. The molecular weight excluding hydrogens is 307 g/mol. The van der Waals surface area contributed by atoms with Crippen molar-refractivity contribution in [3.05, 3.63) is 29.6 Å². The van der Waals surface area contributed by atoms with E-state index in [1.807, 2.05) is 0 Å². The molecule has 5 nitrogen and oxygen atoms in total. The number of hydrogen-bond donors (Lipinski definition) is 0. The molecule has 0 aliphatic carbocycles. The first-order valence-electron chi connectivity index (χ1n) is 7.41. The van der Waals surface area contributed by atoms with Crippen molar-refractivity contribution in [1.82, 2.24) is 9.21 Å². The molecule has 1 aromatic carbocycles. The maximum absolute atomic E-state index is 13.5. The SMILES string of the molecule is Cc1ccc(F)cc1S(=O)(=O)N1C[C@H]2CCCN2C(=O)[C@H]1C. The van der Waals surface area contributed by atoms with E-state index in [4.69, 9.17) is 0 Å². The van der Waals surface area contributed by atoms with Crippen molar-refractivity contribution in [1.29, 1.82) is 0 Å². The van der Waals surface area contributed by atoms with Gasteiger partial charge in [-0.1, -0.05) is 6.07 Å². The van der Waals surface area contributed by atoms with Crippen molar-refractivity contribution in [3.63, 3.8) is 0 Å². The molecule has 1 amide bonds. The van der Waals surface area contributed by atoms with Gasteiger partial charge >= 0.3 is 0 Å². The Morgan fingerprint density at radius 1 is 1.32 bits per heavy atom. The van der Waals surface area contributed by atoms with Crippen LogP contribution in [0.2, 0.25) is 0 Å². The van der Waals surface area contributed by atoms with Crippen molar-refractivity contribution in [2.24, 2.45) is 0 Å². The summed E-state index contributed by atoms with van der Waals surface area (Å²) in [6.45, 7) is 4.21. The summed E-state index contributed by atoms with van der Waals surface area (Å²) in [5.74, 6) is -0.756. The molecule has 2 aliphatic rings. The molecule has 22 heavy (non-hydrogen) atoms. The van der Waals surface area contributed by atoms with Gasteiger partial charge in [-0.2, -0.15) is 4.31 Å². The third kappa shape index (κ3) is 2.32. The Morgan fingerprint density at radius 3 is 2.77 bits per heavy atom. The second-order valence-electron chi connectivity index (χ2n) is 5.99. The fourth-order valence-corrected chi connectivity index (χ4v) is 5.19. The Labute approximate surface area is 129 Å². The topological polar surface area (TPSA) is 57.7 Å². The molecular formula is C15H19FN2O3S. The van der Waals surface area contributed by atoms with Gasteiger partial charge in [0.05, 0.1) is 4.90 Å². The Morgan fingerprint density at radius 2 is 2.05 bits per heavy atom. The standard InChI is InChI=1S/C15H19FN2O3S/c1-10-5-6-12(16)8-14(10)22(20,21)18-9-13-4-3-7-17(13)15(19)11(18)2/h5-6,8,11,13H,3-4,7,9H2,1-2H3/t11-,13-/m1/s1. The van der Waals surface area contributed by atoms with Gasteiger partial charge in [0, 0.05) is 19.1 Å². The highest BCUT2D eigenvalue weighted by molar-refractivity contribution is 7.89. The molecule has 7 heteroatoms. The quantitative estimate of drug-likeness (QED) is 0.828. The number of hydrogen-bond acceptors (Lipinski definition) is 3. The largest absolute Gasteiger partial charge is 0.337 e. The van der Waals surface area contributed by atoms with E-state index >= 15 is 0 Å². The molecule has 0 spiro atoms. The number of carbonyl (C=O) groups is 1. The molecule has 2 atom stereocenters. The van der Waals surface area contributed by atoms with Gasteiger partial charge in [0.1, 0.15) is 11.9 Å². The first kappa shape index (κ1) is 15.4. The molecule has 0 aromatic heterocycles. The predicted molar refractivity (Wildman–Crippen MR) is 79.2 cm³/mol. The average Bonchev–Trinajstić information content (AvgIpc) is 2.93. The van der Waals surface area contributed by atoms with Gasteiger partial charge in [-0.05, 0) is 44.4 Å². The fraction of sp³-hybridized carbons (Fsp3) is 0.533. The molecule has 2 saturated heterocycles. The molecule has 0 bridgehead atoms. The van der Waals surface area contributed by atoms with E-state index in [1.165, 1.54) is 16.4 Å². The number of nitrogens with zero attached hydrogens (tertiary/aromatic N) is 2. The zero-order valence-electron chi connectivity index (χ0n) is 12.6. The third-order valence-corrected chi connectivity index (χ3v) is 6.66. The lowest BCUT2D eigenvalue weighted by Crippen LogP contribution is -2.59. The van der Waals surface area contributed by atoms with Crippen molar-refractivity contribution in [2.45, 2.75) is 43.7 Å². The summed E-state index contributed by atoms with van der Waals surface area (Å²) >= 11 is 0. The lowest BCUT2D eigenvalue weighted by Gasteiger charge is -2.40. The summed E-state index contributed by atoms with van der Waals surface area (Å²) in [5, 5.41) is 0. The predicted octanol–water partition coefficient (Wildman–Crippen LogP) is 1.52. The molecule has 1 aromatic rings. The van der Waals surface area contributed by atoms with Crippen LogP contribution in [-0.2, 0) is 14.8 Å². The van der Waals surface area contributed by atoms with Crippen LogP contribution in [0.5, 0.6) is 0 Å². The maximum Gasteiger partial charge on any atom is 0.244 e. The molecule has 0 N–H and O–H groups in total. The molecule has 2 heterocycles. The minimum atomic E-state index is -3.89. The Hall–Kier alpha value is -1.47. The highest BCUT2D eigenvalue weighted by Crippen LogP contribution is 2.31. The van der Waals surface area contributed by atoms with Crippen molar-refractivity contribution < 1.29 is 17.6 Å². The van der Waals surface area contributed by atoms with Crippen LogP contribution in [0.15, 0.2) is 23.1 Å². The van der Waals surface area contributed by atoms with Gasteiger partial charge < -0.3 is 4.90 Å². The van der Waals surface area contributed by atoms with E-state index in [-0.39, 0.29) is 23.4 Å². The number of piperazine rings is 1. The zero-order chi connectivity index (χ0) is 16.1. The normalized spacial score (nSPS) is 26.3. The lowest BCUT2D eigenvalue weighted by molar-refractivity contribution is -0.139. The summed E-state index contributed by atoms with van der Waals surface area (Å²) < 4.78 is 40.5. The highest BCUT2D eigenvalue weighted by Gasteiger charge is 2.45. The lowest BCUT2D eigenvalue weighted by atomic mass is 10.1. The average molecular weight is 326 g/mol. The van der Waals surface area contributed by atoms with E-state index in [0.29, 0.717) is 12.1 Å². The van der Waals surface area contributed by atoms with Crippen LogP contribution in [0, 0.1) is 12.7 Å². The van der Waals surface area contributed by atoms with Crippen LogP contribution in [0.3, 0.4) is 0 Å². The number of sulfonamides is 1. The van der Waals surface area contributed by atoms with Crippen LogP contribution in [0.4, 0.5) is 4.39 Å². The molecule has 2 aliphatic heterocycles. The van der Waals surface area contributed by atoms with Crippen LogP contribution < -0.4 is 0 Å². The van der Waals surface area contributed by atoms with E-state index in [0.717, 1.165) is 18.9 Å². The number of rotatable bonds is 2. The van der Waals surface area contributed by atoms with E-state index in [1.54, 1.807) is 18.7 Å². The van der Waals surface area contributed by atoms with E-state index in [2.05, 4.69) is 0 Å². The van der Waals surface area contributed by atoms with E-state index < -0.39 is 21.9 Å². The van der Waals surface area contributed by atoms with Gasteiger partial charge in [-0.25, -0.2) is 12.8 Å². The zero-order valence-corrected chi connectivity index (χ0v) is 13.4. The smallest absolute Gasteiger partial charge is 0.244 e. The summed E-state index contributed by atoms with van der Waals surface area (Å²) in [7, 11) is -3.89. The Balaban J connectivity index is 2.01. The summed E-state index contributed by atoms with van der Waals surface area (Å²) in [5.41, 5.74) is 0.481. The van der Waals surface area contributed by atoms with Crippen LogP contribution in [0.25, 0.3) is 0 Å². The Kier molecular flexibility index (Phi) is 3.72. The van der Waals surface area contributed by atoms with Gasteiger partial charge in [0.15, 0.2) is 0 Å². The van der Waals surface area contributed by atoms with Crippen molar-refractivity contribution >= 4 is 15.9 Å². The molecule has 0 radical (unpaired) electrons. The first-order chi connectivity index (χ1) is 10.3. The fourth-order valence-electron chi connectivity index (χ4n) is 3.33. The van der Waals surface area contributed by atoms with Gasteiger partial charge in [0.2, 0.25) is 15.9 Å². The van der Waals surface area contributed by atoms with Crippen LogP contribution in [0.1, 0.15) is 25.3 Å². The van der Waals surface area contributed by atoms with Crippen LogP contribution in [-0.4, -0.2) is 48.7 Å². The monoisotopic (exact) mass is 326 g/mol. The molecule has 3 rings (SSSR count). The molecule has 0 saturated carbocycles. The summed E-state index contributed by atoms with van der Waals surface area (Å²) in [6, 6.07) is 2.90. The number of benzene rings is 1. The minimum Gasteiger partial charge on any atom is -0.337 e. The second kappa shape index (κ2) is 5.31. The van der Waals surface area contributed by atoms with Gasteiger partial charge in [0.25, 0.3) is 0 Å². The third-order valence-electron chi connectivity index (χ3n) is 4.58. The van der Waals surface area contributed by atoms with Crippen molar-refractivity contribution in [3.8, 4) is 0 Å². The van der Waals surface area contributed by atoms with Gasteiger partial charge in [-0.15, -0.1) is 0 Å². The number of fused-ring (bicyclic) bond motifs is 1. The van der Waals surface area contributed by atoms with E-state index in [9.17, 15) is 17.6 Å². The van der Waals surface area contributed by atoms with Gasteiger partial charge in [-0.3, -0.25) is 4.79 Å². The molecule has 2 fully saturated rings. The summed E-state index contributed by atoms with van der Waals surface area (Å²) in [4.78, 5) is 14.1. The second-order valence-corrected chi connectivity index (χ2v) is 7.85. The van der Waals surface area contributed by atoms with Crippen LogP contribution >= 0.6 is 0 Å². The minimum absolute atomic E-state index is 0.0569. The maximum atomic E-state index is 13.5. The highest BCUT2D eigenvalue weighted by atomic mass is 32.2. The molecule has 120 valence electrons. The molecule has 0 unspecified atom stereocenters. The number of aryl methyl sites for hydroxylation is 1. The number of carbonyl (C=O) groups excluding carboxylic acids is 1. The number of amides is 1.